The average molecular weight is 216 g/mol. The van der Waals surface area contributed by atoms with Crippen LogP contribution < -0.4 is 10.8 Å². The van der Waals surface area contributed by atoms with Gasteiger partial charge >= 0.3 is 0 Å². The highest BCUT2D eigenvalue weighted by molar-refractivity contribution is 6.36. The molecule has 1 aliphatic rings. The Kier molecular flexibility index (Phi) is 3.62. The van der Waals surface area contributed by atoms with Crippen LogP contribution >= 0.6 is 0 Å². The van der Waals surface area contributed by atoms with Gasteiger partial charge in [0, 0.05) is 24.1 Å². The zero-order valence-corrected chi connectivity index (χ0v) is 9.62. The van der Waals surface area contributed by atoms with Crippen LogP contribution in [-0.4, -0.2) is 26.9 Å². The Bertz CT molecular complexity index is 375. The molecule has 0 saturated carbocycles. The van der Waals surface area contributed by atoms with Crippen molar-refractivity contribution >= 4 is 25.2 Å². The Balaban J connectivity index is 2.13. The van der Waals surface area contributed by atoms with Crippen molar-refractivity contribution < 1.29 is 4.74 Å². The Labute approximate surface area is 97.1 Å². The van der Waals surface area contributed by atoms with Gasteiger partial charge in [-0.1, -0.05) is 17.6 Å². The first-order valence-corrected chi connectivity index (χ1v) is 5.79. The second-order valence-electron chi connectivity index (χ2n) is 4.18. The molecule has 1 unspecified atom stereocenters. The van der Waals surface area contributed by atoms with E-state index in [4.69, 9.17) is 10.1 Å². The molecular weight excluding hydrogens is 199 g/mol. The summed E-state index contributed by atoms with van der Waals surface area (Å²) >= 11 is 0. The number of rotatable bonds is 3. The molecule has 0 bridgehead atoms. The van der Waals surface area contributed by atoms with Gasteiger partial charge in [0.1, 0.15) is 14.1 Å². The van der Waals surface area contributed by atoms with E-state index in [1.165, 1.54) is 12.6 Å². The van der Waals surface area contributed by atoms with Crippen LogP contribution in [0.4, 0.5) is 5.69 Å². The fourth-order valence-corrected chi connectivity index (χ4v) is 2.03. The Morgan fingerprint density at radius 3 is 3.00 bits per heavy atom. The normalized spacial score (nSPS) is 20.4. The molecule has 84 valence electrons. The van der Waals surface area contributed by atoms with E-state index in [9.17, 15) is 0 Å². The third-order valence-corrected chi connectivity index (χ3v) is 2.96. The number of benzene rings is 1. The molecule has 4 heteroatoms. The largest absolute Gasteiger partial charge is 0.360 e. The van der Waals surface area contributed by atoms with Crippen LogP contribution in [-0.2, 0) is 4.74 Å². The van der Waals surface area contributed by atoms with Crippen LogP contribution in [0.3, 0.4) is 0 Å². The summed E-state index contributed by atoms with van der Waals surface area (Å²) in [7, 11) is 2.02. The second-order valence-corrected chi connectivity index (χ2v) is 4.18. The van der Waals surface area contributed by atoms with Crippen molar-refractivity contribution in [2.75, 3.05) is 11.9 Å². The summed E-state index contributed by atoms with van der Waals surface area (Å²) in [6, 6.07) is 6.03. The molecular formula is C12H17BN2O. The van der Waals surface area contributed by atoms with Crippen LogP contribution in [0, 0.1) is 5.41 Å². The van der Waals surface area contributed by atoms with Crippen LogP contribution in [0.25, 0.3) is 0 Å². The van der Waals surface area contributed by atoms with Crippen molar-refractivity contribution in [2.45, 2.75) is 25.5 Å². The predicted octanol–water partition coefficient (Wildman–Crippen LogP) is 0.881. The lowest BCUT2D eigenvalue weighted by molar-refractivity contribution is 0.0343. The van der Waals surface area contributed by atoms with E-state index in [1.807, 2.05) is 26.0 Å². The molecule has 1 aromatic rings. The molecule has 0 amide bonds. The smallest absolute Gasteiger partial charge is 0.140 e. The van der Waals surface area contributed by atoms with Gasteiger partial charge in [0.25, 0.3) is 0 Å². The number of anilines is 1. The first kappa shape index (κ1) is 11.2. The zero-order valence-electron chi connectivity index (χ0n) is 9.62. The first-order valence-electron chi connectivity index (χ1n) is 5.79. The monoisotopic (exact) mass is 216 g/mol. The van der Waals surface area contributed by atoms with Crippen molar-refractivity contribution in [3.63, 3.8) is 0 Å². The summed E-state index contributed by atoms with van der Waals surface area (Å²) < 4.78 is 5.64. The van der Waals surface area contributed by atoms with Crippen molar-refractivity contribution in [2.24, 2.45) is 0 Å². The van der Waals surface area contributed by atoms with Crippen molar-refractivity contribution in [1.82, 2.24) is 0 Å². The number of hydrogen-bond acceptors (Lipinski definition) is 3. The van der Waals surface area contributed by atoms with Gasteiger partial charge in [0.15, 0.2) is 0 Å². The molecule has 1 saturated heterocycles. The van der Waals surface area contributed by atoms with Gasteiger partial charge in [-0.2, -0.15) is 0 Å². The minimum absolute atomic E-state index is 0.106. The molecule has 1 aliphatic heterocycles. The summed E-state index contributed by atoms with van der Waals surface area (Å²) in [4.78, 5) is 0. The van der Waals surface area contributed by atoms with Crippen LogP contribution in [0.2, 0.25) is 0 Å². The lowest BCUT2D eigenvalue weighted by Crippen LogP contribution is -2.28. The highest BCUT2D eigenvalue weighted by Crippen LogP contribution is 2.18. The van der Waals surface area contributed by atoms with Gasteiger partial charge in [-0.25, -0.2) is 0 Å². The highest BCUT2D eigenvalue weighted by atomic mass is 16.5. The van der Waals surface area contributed by atoms with Gasteiger partial charge in [-0.15, -0.1) is 0 Å². The van der Waals surface area contributed by atoms with Crippen LogP contribution in [0.1, 0.15) is 24.8 Å². The van der Waals surface area contributed by atoms with Crippen LogP contribution in [0.15, 0.2) is 18.2 Å². The molecule has 2 N–H and O–H groups in total. The Morgan fingerprint density at radius 2 is 2.31 bits per heavy atom. The van der Waals surface area contributed by atoms with E-state index >= 15 is 0 Å². The molecule has 1 fully saturated rings. The predicted molar refractivity (Wildman–Crippen MR) is 69.7 cm³/mol. The maximum Gasteiger partial charge on any atom is 0.140 e. The summed E-state index contributed by atoms with van der Waals surface area (Å²) in [6.45, 7) is 0.837. The first-order chi connectivity index (χ1) is 7.81. The maximum absolute atomic E-state index is 7.44. The molecule has 3 nitrogen and oxygen atoms in total. The minimum atomic E-state index is 0.106. The Morgan fingerprint density at radius 1 is 1.44 bits per heavy atom. The fourth-order valence-electron chi connectivity index (χ4n) is 2.03. The topological polar surface area (TPSA) is 45.1 Å². The number of nitrogens with one attached hydrogen (secondary N) is 2. The van der Waals surface area contributed by atoms with Crippen molar-refractivity contribution in [1.29, 1.82) is 5.41 Å². The van der Waals surface area contributed by atoms with Gasteiger partial charge < -0.3 is 15.5 Å². The van der Waals surface area contributed by atoms with E-state index in [-0.39, 0.29) is 6.23 Å². The minimum Gasteiger partial charge on any atom is -0.360 e. The van der Waals surface area contributed by atoms with E-state index in [1.54, 1.807) is 0 Å². The Hall–Kier alpha value is -1.29. The summed E-state index contributed by atoms with van der Waals surface area (Å²) in [5.41, 5.74) is 3.08. The molecule has 0 spiro atoms. The van der Waals surface area contributed by atoms with E-state index < -0.39 is 0 Å². The van der Waals surface area contributed by atoms with Gasteiger partial charge in [0.05, 0.1) is 0 Å². The SMILES string of the molecule is Bc1cccc(NC2CCCCO2)c1C=N. The third-order valence-electron chi connectivity index (χ3n) is 2.96. The number of ether oxygens (including phenoxy) is 1. The summed E-state index contributed by atoms with van der Waals surface area (Å²) in [6.07, 6.45) is 4.92. The van der Waals surface area contributed by atoms with Gasteiger partial charge in [0.2, 0.25) is 0 Å². The molecule has 0 radical (unpaired) electrons. The van der Waals surface area contributed by atoms with E-state index in [2.05, 4.69) is 5.32 Å². The fraction of sp³-hybridized carbons (Fsp3) is 0.417. The van der Waals surface area contributed by atoms with Crippen molar-refractivity contribution in [3.8, 4) is 0 Å². The molecule has 1 atom stereocenters. The average Bonchev–Trinajstić information content (AvgIpc) is 2.31. The lowest BCUT2D eigenvalue weighted by Gasteiger charge is -2.25. The molecule has 0 aliphatic carbocycles. The molecule has 16 heavy (non-hydrogen) atoms. The quantitative estimate of drug-likeness (QED) is 0.582. The van der Waals surface area contributed by atoms with Gasteiger partial charge in [-0.3, -0.25) is 0 Å². The molecule has 1 aromatic carbocycles. The van der Waals surface area contributed by atoms with E-state index in [0.717, 1.165) is 36.2 Å². The van der Waals surface area contributed by atoms with Crippen molar-refractivity contribution in [3.05, 3.63) is 23.8 Å². The van der Waals surface area contributed by atoms with Gasteiger partial charge in [-0.05, 0) is 25.3 Å². The summed E-state index contributed by atoms with van der Waals surface area (Å²) in [5.74, 6) is 0. The highest BCUT2D eigenvalue weighted by Gasteiger charge is 2.14. The maximum atomic E-state index is 7.44. The lowest BCUT2D eigenvalue weighted by atomic mass is 9.90. The molecule has 2 rings (SSSR count). The zero-order chi connectivity index (χ0) is 11.4. The summed E-state index contributed by atoms with van der Waals surface area (Å²) in [5, 5.41) is 10.8. The second kappa shape index (κ2) is 5.17. The standard InChI is InChI=1S/C12H17BN2O/c13-10-4-3-5-11(9(10)8-14)15-12-6-1-2-7-16-12/h3-5,8,12,14-15H,1-2,6-7,13H2. The number of hydrogen-bond donors (Lipinski definition) is 2. The third kappa shape index (κ3) is 2.45. The van der Waals surface area contributed by atoms with E-state index in [0.29, 0.717) is 0 Å². The molecule has 0 aromatic heterocycles. The molecule has 1 heterocycles. The van der Waals surface area contributed by atoms with Crippen LogP contribution in [0.5, 0.6) is 0 Å².